The molecule has 0 saturated heterocycles. The third kappa shape index (κ3) is 4.46. The Balaban J connectivity index is 2.72. The van der Waals surface area contributed by atoms with E-state index in [-0.39, 0.29) is 18.2 Å². The number of carbonyl (C=O) groups is 2. The number of urea groups is 1. The minimum absolute atomic E-state index is 0.0156. The van der Waals surface area contributed by atoms with Crippen LogP contribution in [0.2, 0.25) is 0 Å². The van der Waals surface area contributed by atoms with Crippen LogP contribution in [0.25, 0.3) is 0 Å². The van der Waals surface area contributed by atoms with E-state index in [2.05, 4.69) is 5.32 Å². The molecule has 0 aliphatic heterocycles. The first-order valence-electron chi connectivity index (χ1n) is 6.35. The van der Waals surface area contributed by atoms with Gasteiger partial charge in [-0.25, -0.2) is 9.59 Å². The Morgan fingerprint density at radius 2 is 1.80 bits per heavy atom. The maximum absolute atomic E-state index is 11.9. The van der Waals surface area contributed by atoms with Crippen molar-refractivity contribution in [1.29, 1.82) is 0 Å². The second-order valence-electron chi connectivity index (χ2n) is 4.92. The van der Waals surface area contributed by atoms with Gasteiger partial charge in [0.05, 0.1) is 0 Å². The molecule has 3 N–H and O–H groups in total. The van der Waals surface area contributed by atoms with E-state index in [0.29, 0.717) is 0 Å². The summed E-state index contributed by atoms with van der Waals surface area (Å²) in [5.74, 6) is -0.979. The molecule has 1 rings (SSSR count). The Hall–Kier alpha value is -2.24. The van der Waals surface area contributed by atoms with Crippen molar-refractivity contribution in [2.75, 3.05) is 7.05 Å². The van der Waals surface area contributed by atoms with Gasteiger partial charge in [0, 0.05) is 19.5 Å². The third-order valence-corrected chi connectivity index (χ3v) is 3.07. The van der Waals surface area contributed by atoms with Gasteiger partial charge < -0.3 is 20.4 Å². The Labute approximate surface area is 118 Å². The summed E-state index contributed by atoms with van der Waals surface area (Å²) in [6.07, 6.45) is 0.160. The minimum Gasteiger partial charge on any atom is -0.508 e. The summed E-state index contributed by atoms with van der Waals surface area (Å²) in [4.78, 5) is 24.5. The monoisotopic (exact) mass is 280 g/mol. The number of nitrogens with zero attached hydrogens (tertiary/aromatic N) is 1. The molecular formula is C14H20N2O4. The van der Waals surface area contributed by atoms with Gasteiger partial charge in [0.15, 0.2) is 0 Å². The van der Waals surface area contributed by atoms with Crippen LogP contribution in [0, 0.1) is 0 Å². The molecule has 0 bridgehead atoms. The molecule has 0 fully saturated rings. The van der Waals surface area contributed by atoms with Gasteiger partial charge in [0.2, 0.25) is 0 Å². The van der Waals surface area contributed by atoms with E-state index in [1.165, 1.54) is 17.0 Å². The highest BCUT2D eigenvalue weighted by Crippen LogP contribution is 2.11. The molecule has 20 heavy (non-hydrogen) atoms. The highest BCUT2D eigenvalue weighted by atomic mass is 16.4. The molecule has 110 valence electrons. The number of phenols is 1. The molecule has 2 amide bonds. The standard InChI is InChI=1S/C14H20N2O4/c1-9(2)16(3)14(20)15-12(13(18)19)8-10-4-6-11(17)7-5-10/h4-7,9,12,17H,8H2,1-3H3,(H,15,20)(H,18,19)/t12-/m1/s1. The summed E-state index contributed by atoms with van der Waals surface area (Å²) in [6, 6.07) is 4.78. The van der Waals surface area contributed by atoms with Gasteiger partial charge in [-0.15, -0.1) is 0 Å². The van der Waals surface area contributed by atoms with Crippen LogP contribution in [0.3, 0.4) is 0 Å². The summed E-state index contributed by atoms with van der Waals surface area (Å²) >= 11 is 0. The van der Waals surface area contributed by atoms with E-state index in [1.807, 2.05) is 13.8 Å². The molecule has 6 heteroatoms. The lowest BCUT2D eigenvalue weighted by Crippen LogP contribution is -2.49. The van der Waals surface area contributed by atoms with Crippen molar-refractivity contribution >= 4 is 12.0 Å². The number of aliphatic carboxylic acids is 1. The summed E-state index contributed by atoms with van der Waals surface area (Å²) in [5, 5.41) is 20.8. The Bertz CT molecular complexity index is 471. The van der Waals surface area contributed by atoms with Crippen molar-refractivity contribution in [3.05, 3.63) is 29.8 Å². The number of carboxylic acids is 1. The number of nitrogens with one attached hydrogen (secondary N) is 1. The number of carboxylic acid groups (broad SMARTS) is 1. The highest BCUT2D eigenvalue weighted by Gasteiger charge is 2.22. The number of phenolic OH excluding ortho intramolecular Hbond substituents is 1. The second kappa shape index (κ2) is 6.79. The van der Waals surface area contributed by atoms with E-state index < -0.39 is 18.0 Å². The molecule has 0 heterocycles. The predicted octanol–water partition coefficient (Wildman–Crippen LogP) is 1.44. The molecule has 0 aromatic heterocycles. The van der Waals surface area contributed by atoms with Gasteiger partial charge in [0.1, 0.15) is 11.8 Å². The molecule has 0 spiro atoms. The lowest BCUT2D eigenvalue weighted by atomic mass is 10.1. The second-order valence-corrected chi connectivity index (χ2v) is 4.92. The lowest BCUT2D eigenvalue weighted by Gasteiger charge is -2.24. The molecule has 1 aromatic carbocycles. The number of amides is 2. The van der Waals surface area contributed by atoms with Crippen LogP contribution in [0.4, 0.5) is 4.79 Å². The smallest absolute Gasteiger partial charge is 0.326 e. The first-order valence-corrected chi connectivity index (χ1v) is 6.35. The molecular weight excluding hydrogens is 260 g/mol. The topological polar surface area (TPSA) is 89.9 Å². The fourth-order valence-electron chi connectivity index (χ4n) is 1.55. The average molecular weight is 280 g/mol. The number of rotatable bonds is 5. The van der Waals surface area contributed by atoms with Crippen LogP contribution in [-0.2, 0) is 11.2 Å². The van der Waals surface area contributed by atoms with Gasteiger partial charge in [-0.05, 0) is 31.5 Å². The van der Waals surface area contributed by atoms with Gasteiger partial charge in [-0.2, -0.15) is 0 Å². The number of hydrogen-bond donors (Lipinski definition) is 3. The fourth-order valence-corrected chi connectivity index (χ4v) is 1.55. The van der Waals surface area contributed by atoms with Crippen molar-refractivity contribution < 1.29 is 19.8 Å². The summed E-state index contributed by atoms with van der Waals surface area (Å²) < 4.78 is 0. The predicted molar refractivity (Wildman–Crippen MR) is 74.7 cm³/mol. The van der Waals surface area contributed by atoms with E-state index in [4.69, 9.17) is 0 Å². The zero-order valence-corrected chi connectivity index (χ0v) is 11.8. The Morgan fingerprint density at radius 1 is 1.25 bits per heavy atom. The van der Waals surface area contributed by atoms with Crippen LogP contribution in [0.15, 0.2) is 24.3 Å². The van der Waals surface area contributed by atoms with Crippen LogP contribution >= 0.6 is 0 Å². The molecule has 0 unspecified atom stereocenters. The lowest BCUT2D eigenvalue weighted by molar-refractivity contribution is -0.139. The number of carbonyl (C=O) groups excluding carboxylic acids is 1. The maximum atomic E-state index is 11.9. The molecule has 1 atom stereocenters. The zero-order chi connectivity index (χ0) is 15.3. The molecule has 1 aromatic rings. The van der Waals surface area contributed by atoms with Crippen LogP contribution < -0.4 is 5.32 Å². The normalized spacial score (nSPS) is 12.0. The van der Waals surface area contributed by atoms with Gasteiger partial charge in [-0.1, -0.05) is 12.1 Å². The van der Waals surface area contributed by atoms with Crippen molar-refractivity contribution in [2.24, 2.45) is 0 Å². The number of benzene rings is 1. The summed E-state index contributed by atoms with van der Waals surface area (Å²) in [6.45, 7) is 3.69. The quantitative estimate of drug-likeness (QED) is 0.761. The SMILES string of the molecule is CC(C)N(C)C(=O)N[C@H](Cc1ccc(O)cc1)C(=O)O. The average Bonchev–Trinajstić information content (AvgIpc) is 2.39. The van der Waals surface area contributed by atoms with Gasteiger partial charge >= 0.3 is 12.0 Å². The van der Waals surface area contributed by atoms with Gasteiger partial charge in [0.25, 0.3) is 0 Å². The summed E-state index contributed by atoms with van der Waals surface area (Å²) in [7, 11) is 1.61. The highest BCUT2D eigenvalue weighted by molar-refractivity contribution is 5.82. The minimum atomic E-state index is -1.09. The Kier molecular flexibility index (Phi) is 5.37. The van der Waals surface area contributed by atoms with E-state index in [9.17, 15) is 19.8 Å². The van der Waals surface area contributed by atoms with E-state index >= 15 is 0 Å². The van der Waals surface area contributed by atoms with Crippen LogP contribution in [0.5, 0.6) is 5.75 Å². The largest absolute Gasteiger partial charge is 0.508 e. The van der Waals surface area contributed by atoms with Crippen molar-refractivity contribution in [1.82, 2.24) is 10.2 Å². The number of hydrogen-bond acceptors (Lipinski definition) is 3. The molecule has 0 aliphatic carbocycles. The molecule has 0 radical (unpaired) electrons. The molecule has 0 aliphatic rings. The summed E-state index contributed by atoms with van der Waals surface area (Å²) in [5.41, 5.74) is 0.725. The van der Waals surface area contributed by atoms with E-state index in [1.54, 1.807) is 19.2 Å². The van der Waals surface area contributed by atoms with Crippen LogP contribution in [-0.4, -0.2) is 46.2 Å². The molecule has 0 saturated carbocycles. The zero-order valence-electron chi connectivity index (χ0n) is 11.8. The molecule has 6 nitrogen and oxygen atoms in total. The fraction of sp³-hybridized carbons (Fsp3) is 0.429. The third-order valence-electron chi connectivity index (χ3n) is 3.07. The van der Waals surface area contributed by atoms with Gasteiger partial charge in [-0.3, -0.25) is 0 Å². The van der Waals surface area contributed by atoms with Crippen LogP contribution in [0.1, 0.15) is 19.4 Å². The van der Waals surface area contributed by atoms with Crippen molar-refractivity contribution in [3.63, 3.8) is 0 Å². The first kappa shape index (κ1) is 15.8. The van der Waals surface area contributed by atoms with Crippen molar-refractivity contribution in [3.8, 4) is 5.75 Å². The maximum Gasteiger partial charge on any atom is 0.326 e. The van der Waals surface area contributed by atoms with E-state index in [0.717, 1.165) is 5.56 Å². The first-order chi connectivity index (χ1) is 9.31. The van der Waals surface area contributed by atoms with Crippen molar-refractivity contribution in [2.45, 2.75) is 32.4 Å². The Morgan fingerprint density at radius 3 is 2.25 bits per heavy atom. The number of aromatic hydroxyl groups is 1.